The SMILES string of the molecule is COc1cc(C2CCCCC2)c2c(Cl)nc(Cl)nc2c1. The highest BCUT2D eigenvalue weighted by atomic mass is 35.5. The fraction of sp³-hybridized carbons (Fsp3) is 0.467. The zero-order chi connectivity index (χ0) is 14.1. The third kappa shape index (κ3) is 2.57. The number of hydrogen-bond donors (Lipinski definition) is 0. The van der Waals surface area contributed by atoms with Crippen LogP contribution < -0.4 is 4.74 Å². The van der Waals surface area contributed by atoms with Gasteiger partial charge in [0.05, 0.1) is 12.6 Å². The third-order valence-electron chi connectivity index (χ3n) is 4.01. The summed E-state index contributed by atoms with van der Waals surface area (Å²) in [6.07, 6.45) is 6.20. The van der Waals surface area contributed by atoms with Crippen molar-refractivity contribution in [1.82, 2.24) is 9.97 Å². The van der Waals surface area contributed by atoms with E-state index in [0.29, 0.717) is 11.1 Å². The van der Waals surface area contributed by atoms with Crippen LogP contribution in [0.4, 0.5) is 0 Å². The van der Waals surface area contributed by atoms with Crippen molar-refractivity contribution in [3.8, 4) is 5.75 Å². The van der Waals surface area contributed by atoms with Crippen molar-refractivity contribution in [3.05, 3.63) is 28.1 Å². The van der Waals surface area contributed by atoms with E-state index < -0.39 is 0 Å². The maximum Gasteiger partial charge on any atom is 0.224 e. The molecule has 0 atom stereocenters. The highest BCUT2D eigenvalue weighted by molar-refractivity contribution is 6.36. The summed E-state index contributed by atoms with van der Waals surface area (Å²) in [5.74, 6) is 1.30. The summed E-state index contributed by atoms with van der Waals surface area (Å²) in [5, 5.41) is 1.53. The molecule has 1 saturated carbocycles. The molecule has 3 rings (SSSR count). The Balaban J connectivity index is 2.22. The number of rotatable bonds is 2. The molecule has 0 spiro atoms. The van der Waals surface area contributed by atoms with Crippen LogP contribution >= 0.6 is 23.2 Å². The third-order valence-corrected chi connectivity index (χ3v) is 4.45. The van der Waals surface area contributed by atoms with Gasteiger partial charge in [-0.3, -0.25) is 0 Å². The Morgan fingerprint density at radius 2 is 1.85 bits per heavy atom. The second-order valence-electron chi connectivity index (χ2n) is 5.23. The predicted molar refractivity (Wildman–Crippen MR) is 81.9 cm³/mol. The van der Waals surface area contributed by atoms with Crippen LogP contribution in [0.1, 0.15) is 43.6 Å². The van der Waals surface area contributed by atoms with Gasteiger partial charge in [0.25, 0.3) is 0 Å². The molecule has 1 aliphatic rings. The van der Waals surface area contributed by atoms with E-state index in [1.54, 1.807) is 7.11 Å². The number of fused-ring (bicyclic) bond motifs is 1. The minimum absolute atomic E-state index is 0.172. The first kappa shape index (κ1) is 13.9. The molecule has 0 aliphatic heterocycles. The zero-order valence-electron chi connectivity index (χ0n) is 11.3. The van der Waals surface area contributed by atoms with Crippen molar-refractivity contribution < 1.29 is 4.74 Å². The van der Waals surface area contributed by atoms with E-state index in [0.717, 1.165) is 16.7 Å². The van der Waals surface area contributed by atoms with Gasteiger partial charge in [-0.25, -0.2) is 9.97 Å². The second-order valence-corrected chi connectivity index (χ2v) is 5.93. The summed E-state index contributed by atoms with van der Waals surface area (Å²) in [7, 11) is 1.66. The number of halogens is 2. The van der Waals surface area contributed by atoms with Gasteiger partial charge in [0.1, 0.15) is 10.9 Å². The van der Waals surface area contributed by atoms with Crippen LogP contribution in [0.3, 0.4) is 0 Å². The monoisotopic (exact) mass is 310 g/mol. The molecular weight excluding hydrogens is 295 g/mol. The van der Waals surface area contributed by atoms with E-state index in [9.17, 15) is 0 Å². The van der Waals surface area contributed by atoms with Crippen molar-refractivity contribution in [2.75, 3.05) is 7.11 Å². The molecule has 106 valence electrons. The van der Waals surface area contributed by atoms with Gasteiger partial charge in [0.15, 0.2) is 0 Å². The van der Waals surface area contributed by atoms with Gasteiger partial charge in [-0.1, -0.05) is 30.9 Å². The molecule has 1 aliphatic carbocycles. The van der Waals surface area contributed by atoms with Gasteiger partial charge in [0, 0.05) is 11.5 Å². The Morgan fingerprint density at radius 3 is 2.55 bits per heavy atom. The Bertz CT molecular complexity index is 639. The average molecular weight is 311 g/mol. The van der Waals surface area contributed by atoms with E-state index in [-0.39, 0.29) is 5.28 Å². The summed E-state index contributed by atoms with van der Waals surface area (Å²) >= 11 is 12.2. The summed E-state index contributed by atoms with van der Waals surface area (Å²) in [6.45, 7) is 0. The van der Waals surface area contributed by atoms with Crippen LogP contribution in [0.25, 0.3) is 10.9 Å². The number of hydrogen-bond acceptors (Lipinski definition) is 3. The largest absolute Gasteiger partial charge is 0.497 e. The normalized spacial score (nSPS) is 16.6. The summed E-state index contributed by atoms with van der Waals surface area (Å²) < 4.78 is 5.39. The molecule has 0 amide bonds. The molecule has 3 nitrogen and oxygen atoms in total. The fourth-order valence-corrected chi connectivity index (χ4v) is 3.55. The van der Waals surface area contributed by atoms with Gasteiger partial charge in [-0.2, -0.15) is 0 Å². The van der Waals surface area contributed by atoms with Gasteiger partial charge in [0.2, 0.25) is 5.28 Å². The lowest BCUT2D eigenvalue weighted by Gasteiger charge is -2.24. The molecule has 1 aromatic heterocycles. The maximum absolute atomic E-state index is 6.31. The lowest BCUT2D eigenvalue weighted by molar-refractivity contribution is 0.411. The van der Waals surface area contributed by atoms with E-state index in [2.05, 4.69) is 16.0 Å². The summed E-state index contributed by atoms with van der Waals surface area (Å²) in [4.78, 5) is 8.38. The molecule has 0 radical (unpaired) electrons. The van der Waals surface area contributed by atoms with Crippen molar-refractivity contribution in [2.45, 2.75) is 38.0 Å². The average Bonchev–Trinajstić information content (AvgIpc) is 2.46. The number of nitrogens with zero attached hydrogens (tertiary/aromatic N) is 2. The van der Waals surface area contributed by atoms with E-state index in [1.165, 1.54) is 37.7 Å². The van der Waals surface area contributed by atoms with Crippen molar-refractivity contribution in [3.63, 3.8) is 0 Å². The number of aromatic nitrogens is 2. The Hall–Kier alpha value is -1.06. The van der Waals surface area contributed by atoms with E-state index >= 15 is 0 Å². The zero-order valence-corrected chi connectivity index (χ0v) is 12.8. The summed E-state index contributed by atoms with van der Waals surface area (Å²) in [6, 6.07) is 3.93. The molecule has 0 N–H and O–H groups in total. The molecular formula is C15H16Cl2N2O. The molecule has 5 heteroatoms. The molecule has 1 aromatic carbocycles. The van der Waals surface area contributed by atoms with Crippen LogP contribution in [-0.4, -0.2) is 17.1 Å². The van der Waals surface area contributed by atoms with Gasteiger partial charge < -0.3 is 4.74 Å². The molecule has 1 heterocycles. The number of methoxy groups -OCH3 is 1. The number of benzene rings is 1. The predicted octanol–water partition coefficient (Wildman–Crippen LogP) is 4.99. The van der Waals surface area contributed by atoms with E-state index in [1.807, 2.05) is 6.07 Å². The molecule has 0 saturated heterocycles. The molecule has 2 aromatic rings. The minimum atomic E-state index is 0.172. The van der Waals surface area contributed by atoms with Gasteiger partial charge in [-0.15, -0.1) is 0 Å². The van der Waals surface area contributed by atoms with Crippen molar-refractivity contribution in [2.24, 2.45) is 0 Å². The lowest BCUT2D eigenvalue weighted by atomic mass is 9.82. The van der Waals surface area contributed by atoms with Crippen LogP contribution in [0.2, 0.25) is 10.4 Å². The van der Waals surface area contributed by atoms with Crippen LogP contribution in [0.15, 0.2) is 12.1 Å². The van der Waals surface area contributed by atoms with Gasteiger partial charge >= 0.3 is 0 Å². The smallest absolute Gasteiger partial charge is 0.224 e. The molecule has 1 fully saturated rings. The van der Waals surface area contributed by atoms with E-state index in [4.69, 9.17) is 27.9 Å². The van der Waals surface area contributed by atoms with Crippen LogP contribution in [0, 0.1) is 0 Å². The topological polar surface area (TPSA) is 35.0 Å². The highest BCUT2D eigenvalue weighted by Crippen LogP contribution is 2.40. The van der Waals surface area contributed by atoms with Crippen molar-refractivity contribution >= 4 is 34.1 Å². The standard InChI is InChI=1S/C15H16Cl2N2O/c1-20-10-7-11(9-5-3-2-4-6-9)13-12(8-10)18-15(17)19-14(13)16/h7-9H,2-6H2,1H3. The molecule has 0 unspecified atom stereocenters. The highest BCUT2D eigenvalue weighted by Gasteiger charge is 2.21. The fourth-order valence-electron chi connectivity index (χ4n) is 3.05. The molecule has 0 bridgehead atoms. The molecule has 20 heavy (non-hydrogen) atoms. The van der Waals surface area contributed by atoms with Crippen LogP contribution in [0.5, 0.6) is 5.75 Å². The minimum Gasteiger partial charge on any atom is -0.497 e. The Labute approximate surface area is 128 Å². The van der Waals surface area contributed by atoms with Gasteiger partial charge in [-0.05, 0) is 42.0 Å². The maximum atomic E-state index is 6.31. The summed E-state index contributed by atoms with van der Waals surface area (Å²) in [5.41, 5.74) is 1.95. The quantitative estimate of drug-likeness (QED) is 0.579. The first-order valence-electron chi connectivity index (χ1n) is 6.89. The Morgan fingerprint density at radius 1 is 1.10 bits per heavy atom. The van der Waals surface area contributed by atoms with Crippen molar-refractivity contribution in [1.29, 1.82) is 0 Å². The Kier molecular flexibility index (Phi) is 3.99. The first-order chi connectivity index (χ1) is 9.69. The lowest BCUT2D eigenvalue weighted by Crippen LogP contribution is -2.06. The number of ether oxygens (including phenoxy) is 1. The first-order valence-corrected chi connectivity index (χ1v) is 7.65. The second kappa shape index (κ2) is 5.74. The van der Waals surface area contributed by atoms with Crippen LogP contribution in [-0.2, 0) is 0 Å².